The summed E-state index contributed by atoms with van der Waals surface area (Å²) in [6, 6.07) is 0. The summed E-state index contributed by atoms with van der Waals surface area (Å²) in [6.07, 6.45) is 0. The minimum absolute atomic E-state index is 0.251. The molecule has 0 heterocycles. The Morgan fingerprint density at radius 2 is 2.40 bits per heavy atom. The van der Waals surface area contributed by atoms with Crippen molar-refractivity contribution in [2.24, 2.45) is 0 Å². The molecule has 1 nitrogen and oxygen atoms in total. The normalized spacial score (nSPS) is 8.40. The van der Waals surface area contributed by atoms with Crippen LogP contribution in [0.1, 0.15) is 0 Å². The molecule has 0 aromatic carbocycles. The Morgan fingerprint density at radius 3 is 2.40 bits per heavy atom. The summed E-state index contributed by atoms with van der Waals surface area (Å²) in [7, 11) is 1.74. The summed E-state index contributed by atoms with van der Waals surface area (Å²) in [4.78, 5) is 2.22. The molecule has 0 saturated heterocycles. The summed E-state index contributed by atoms with van der Waals surface area (Å²) >= 11 is 0.251. The van der Waals surface area contributed by atoms with E-state index >= 15 is 0 Å². The average molecular weight is 188 g/mol. The van der Waals surface area contributed by atoms with Gasteiger partial charge in [0.25, 0.3) is 0 Å². The van der Waals surface area contributed by atoms with E-state index in [1.165, 1.54) is 0 Å². The van der Waals surface area contributed by atoms with E-state index in [-0.39, 0.29) is 20.9 Å². The van der Waals surface area contributed by atoms with Crippen molar-refractivity contribution in [1.29, 1.82) is 0 Å². The first-order valence-corrected chi connectivity index (χ1v) is 5.37. The molecule has 0 aliphatic rings. The zero-order valence-electron chi connectivity index (χ0n) is 3.52. The van der Waals surface area contributed by atoms with Gasteiger partial charge in [-0.3, -0.25) is 0 Å². The fraction of sp³-hybridized carbons (Fsp3) is 1.00. The summed E-state index contributed by atoms with van der Waals surface area (Å²) in [5.74, 6) is 0. The van der Waals surface area contributed by atoms with Crippen LogP contribution in [0.25, 0.3) is 0 Å². The van der Waals surface area contributed by atoms with Gasteiger partial charge in [0, 0.05) is 0 Å². The van der Waals surface area contributed by atoms with E-state index < -0.39 is 0 Å². The average Bonchev–Trinajstić information content (AvgIpc) is 1.41. The van der Waals surface area contributed by atoms with Gasteiger partial charge in [0.05, 0.1) is 0 Å². The Labute approximate surface area is 42.8 Å². The van der Waals surface area contributed by atoms with E-state index in [9.17, 15) is 0 Å². The van der Waals surface area contributed by atoms with Crippen LogP contribution in [0.2, 0.25) is 4.97 Å². The second kappa shape index (κ2) is 4.75. The number of ether oxygens (including phenoxy) is 1. The van der Waals surface area contributed by atoms with Gasteiger partial charge >= 0.3 is 42.4 Å². The predicted molar refractivity (Wildman–Crippen MR) is 23.5 cm³/mol. The monoisotopic (exact) mass is 190 g/mol. The maximum absolute atomic E-state index is 4.75. The van der Waals surface area contributed by atoms with Gasteiger partial charge in [0.15, 0.2) is 0 Å². The van der Waals surface area contributed by atoms with Crippen LogP contribution >= 0.6 is 0 Å². The number of rotatable bonds is 2. The maximum atomic E-state index is 4.75. The van der Waals surface area contributed by atoms with E-state index in [2.05, 4.69) is 4.97 Å². The first-order valence-electron chi connectivity index (χ1n) is 1.39. The van der Waals surface area contributed by atoms with Gasteiger partial charge in [0.2, 0.25) is 0 Å². The first kappa shape index (κ1) is 5.75. The van der Waals surface area contributed by atoms with Gasteiger partial charge in [-0.15, -0.1) is 0 Å². The van der Waals surface area contributed by atoms with Gasteiger partial charge in [-0.25, -0.2) is 0 Å². The van der Waals surface area contributed by atoms with Crippen molar-refractivity contribution in [2.45, 2.75) is 4.97 Å². The molecule has 5 heavy (non-hydrogen) atoms. The van der Waals surface area contributed by atoms with Gasteiger partial charge < -0.3 is 0 Å². The van der Waals surface area contributed by atoms with Crippen molar-refractivity contribution in [2.75, 3.05) is 11.8 Å². The van der Waals surface area contributed by atoms with Crippen LogP contribution < -0.4 is 0 Å². The SMILES string of the molecule is COC[Te]C. The Balaban J connectivity index is 2.19. The summed E-state index contributed by atoms with van der Waals surface area (Å²) in [5, 5.41) is 0. The number of hydrogen-bond acceptors (Lipinski definition) is 1. The van der Waals surface area contributed by atoms with Crippen LogP contribution in [0.4, 0.5) is 0 Å². The van der Waals surface area contributed by atoms with E-state index in [1.54, 1.807) is 7.11 Å². The van der Waals surface area contributed by atoms with Gasteiger partial charge in [-0.2, -0.15) is 0 Å². The molecule has 0 N–H and O–H groups in total. The molecule has 32 valence electrons. The molecule has 0 aromatic rings. The molecular formula is C3H8OTe. The topological polar surface area (TPSA) is 9.23 Å². The van der Waals surface area contributed by atoms with Crippen LogP contribution in [0, 0.1) is 0 Å². The Hall–Kier alpha value is 0.750. The molecular weight excluding hydrogens is 180 g/mol. The minimum atomic E-state index is 0.251. The fourth-order valence-corrected chi connectivity index (χ4v) is 0.791. The molecule has 0 amide bonds. The van der Waals surface area contributed by atoms with Crippen LogP contribution in [0.5, 0.6) is 0 Å². The summed E-state index contributed by atoms with van der Waals surface area (Å²) in [6.45, 7) is 0. The quantitative estimate of drug-likeness (QED) is 0.567. The van der Waals surface area contributed by atoms with Crippen molar-refractivity contribution in [3.8, 4) is 0 Å². The molecule has 0 fully saturated rings. The Bertz CT molecular complexity index is 14.4. The van der Waals surface area contributed by atoms with Gasteiger partial charge in [-0.05, 0) is 0 Å². The zero-order chi connectivity index (χ0) is 4.12. The Kier molecular flexibility index (Phi) is 5.46. The summed E-state index contributed by atoms with van der Waals surface area (Å²) < 4.78 is 5.77. The van der Waals surface area contributed by atoms with E-state index in [0.717, 1.165) is 4.65 Å². The van der Waals surface area contributed by atoms with Crippen LogP contribution in [-0.4, -0.2) is 32.7 Å². The predicted octanol–water partition coefficient (Wildman–Crippen LogP) is 0.343. The van der Waals surface area contributed by atoms with Crippen molar-refractivity contribution in [3.63, 3.8) is 0 Å². The molecule has 0 radical (unpaired) electrons. The van der Waals surface area contributed by atoms with Crippen LogP contribution in [0.15, 0.2) is 0 Å². The van der Waals surface area contributed by atoms with Crippen molar-refractivity contribution in [3.05, 3.63) is 0 Å². The van der Waals surface area contributed by atoms with Crippen LogP contribution in [0.3, 0.4) is 0 Å². The van der Waals surface area contributed by atoms with E-state index in [1.807, 2.05) is 0 Å². The first-order chi connectivity index (χ1) is 2.41. The molecule has 0 aliphatic carbocycles. The molecule has 0 bridgehead atoms. The molecule has 0 aromatic heterocycles. The second-order valence-corrected chi connectivity index (χ2v) is 3.02. The molecule has 0 unspecified atom stereocenters. The molecule has 0 aliphatic heterocycles. The molecule has 0 atom stereocenters. The number of methoxy groups -OCH3 is 1. The molecule has 2 heteroatoms. The van der Waals surface area contributed by atoms with Gasteiger partial charge in [0.1, 0.15) is 0 Å². The zero-order valence-corrected chi connectivity index (χ0v) is 5.85. The number of hydrogen-bond donors (Lipinski definition) is 0. The third-order valence-electron chi connectivity index (χ3n) is 0.236. The molecule has 0 rings (SSSR count). The fourth-order valence-electron chi connectivity index (χ4n) is 0.118. The van der Waals surface area contributed by atoms with E-state index in [4.69, 9.17) is 4.74 Å². The van der Waals surface area contributed by atoms with Crippen LogP contribution in [-0.2, 0) is 4.74 Å². The second-order valence-electron chi connectivity index (χ2n) is 0.695. The Morgan fingerprint density at radius 1 is 1.80 bits per heavy atom. The summed E-state index contributed by atoms with van der Waals surface area (Å²) in [5.41, 5.74) is 0. The van der Waals surface area contributed by atoms with Crippen molar-refractivity contribution in [1.82, 2.24) is 0 Å². The van der Waals surface area contributed by atoms with Crippen molar-refractivity contribution < 1.29 is 4.74 Å². The molecule has 0 saturated carbocycles. The third-order valence-corrected chi connectivity index (χ3v) is 1.58. The van der Waals surface area contributed by atoms with Crippen molar-refractivity contribution >= 4 is 20.9 Å². The molecule has 0 spiro atoms. The third kappa shape index (κ3) is 4.75. The standard InChI is InChI=1S/C3H8OTe/c1-4-3-5-2/h3H2,1-2H3. The van der Waals surface area contributed by atoms with Gasteiger partial charge in [-0.1, -0.05) is 0 Å². The van der Waals surface area contributed by atoms with E-state index in [0.29, 0.717) is 0 Å².